The summed E-state index contributed by atoms with van der Waals surface area (Å²) in [6.45, 7) is 1.36. The van der Waals surface area contributed by atoms with E-state index in [0.717, 1.165) is 0 Å². The molecule has 19 heavy (non-hydrogen) atoms. The van der Waals surface area contributed by atoms with Gasteiger partial charge in [0.15, 0.2) is 0 Å². The molecule has 1 aliphatic rings. The van der Waals surface area contributed by atoms with Gasteiger partial charge in [0, 0.05) is 25.9 Å². The Kier molecular flexibility index (Phi) is 3.57. The van der Waals surface area contributed by atoms with E-state index in [1.807, 2.05) is 0 Å². The van der Waals surface area contributed by atoms with E-state index in [4.69, 9.17) is 5.73 Å². The topological polar surface area (TPSA) is 77.0 Å². The number of alkyl halides is 3. The first-order valence-electron chi connectivity index (χ1n) is 6.13. The fraction of sp³-hybridized carbons (Fsp3) is 0.818. The zero-order valence-corrected chi connectivity index (χ0v) is 10.6. The SMILES string of the molecule is CC(O)(CN)Cc1nnc2n1CC(C(F)(F)F)CC2. The van der Waals surface area contributed by atoms with Crippen molar-refractivity contribution in [2.75, 3.05) is 6.54 Å². The van der Waals surface area contributed by atoms with Gasteiger partial charge < -0.3 is 15.4 Å². The minimum absolute atomic E-state index is 0.0118. The maximum Gasteiger partial charge on any atom is 0.393 e. The predicted molar refractivity (Wildman–Crippen MR) is 61.3 cm³/mol. The summed E-state index contributed by atoms with van der Waals surface area (Å²) in [5.74, 6) is -0.472. The molecule has 2 atom stereocenters. The molecule has 0 saturated carbocycles. The quantitative estimate of drug-likeness (QED) is 0.851. The molecule has 8 heteroatoms. The van der Waals surface area contributed by atoms with Gasteiger partial charge in [-0.15, -0.1) is 10.2 Å². The van der Waals surface area contributed by atoms with Crippen LogP contribution in [0.1, 0.15) is 25.0 Å². The van der Waals surface area contributed by atoms with Crippen molar-refractivity contribution in [2.24, 2.45) is 11.7 Å². The summed E-state index contributed by atoms with van der Waals surface area (Å²) in [4.78, 5) is 0. The van der Waals surface area contributed by atoms with Gasteiger partial charge in [0.05, 0.1) is 11.5 Å². The van der Waals surface area contributed by atoms with E-state index in [1.54, 1.807) is 0 Å². The minimum atomic E-state index is -4.21. The molecule has 0 saturated heterocycles. The van der Waals surface area contributed by atoms with E-state index >= 15 is 0 Å². The van der Waals surface area contributed by atoms with E-state index in [-0.39, 0.29) is 32.4 Å². The van der Waals surface area contributed by atoms with E-state index in [9.17, 15) is 18.3 Å². The highest BCUT2D eigenvalue weighted by Gasteiger charge is 2.42. The fourth-order valence-corrected chi connectivity index (χ4v) is 2.19. The van der Waals surface area contributed by atoms with Gasteiger partial charge in [-0.05, 0) is 13.3 Å². The highest BCUT2D eigenvalue weighted by atomic mass is 19.4. The lowest BCUT2D eigenvalue weighted by atomic mass is 9.97. The summed E-state index contributed by atoms with van der Waals surface area (Å²) in [6.07, 6.45) is -3.83. The second-order valence-corrected chi connectivity index (χ2v) is 5.30. The maximum absolute atomic E-state index is 12.8. The van der Waals surface area contributed by atoms with E-state index < -0.39 is 17.7 Å². The van der Waals surface area contributed by atoms with Crippen LogP contribution < -0.4 is 5.73 Å². The average molecular weight is 278 g/mol. The Morgan fingerprint density at radius 3 is 2.68 bits per heavy atom. The van der Waals surface area contributed by atoms with Crippen LogP contribution in [0.4, 0.5) is 13.2 Å². The number of aliphatic hydroxyl groups is 1. The molecule has 1 aliphatic heterocycles. The van der Waals surface area contributed by atoms with Crippen LogP contribution in [0.5, 0.6) is 0 Å². The van der Waals surface area contributed by atoms with Crippen LogP contribution in [0.2, 0.25) is 0 Å². The summed E-state index contributed by atoms with van der Waals surface area (Å²) >= 11 is 0. The first-order chi connectivity index (χ1) is 8.73. The normalized spacial score (nSPS) is 22.9. The largest absolute Gasteiger partial charge is 0.393 e. The molecular weight excluding hydrogens is 261 g/mol. The number of nitrogens with two attached hydrogens (primary N) is 1. The van der Waals surface area contributed by atoms with Crippen molar-refractivity contribution in [3.8, 4) is 0 Å². The van der Waals surface area contributed by atoms with Crippen LogP contribution in [-0.2, 0) is 19.4 Å². The van der Waals surface area contributed by atoms with Gasteiger partial charge in [0.1, 0.15) is 11.6 Å². The molecule has 2 rings (SSSR count). The molecule has 2 heterocycles. The number of hydrogen-bond acceptors (Lipinski definition) is 4. The Labute approximate surface area is 108 Å². The average Bonchev–Trinajstić information content (AvgIpc) is 2.70. The van der Waals surface area contributed by atoms with Gasteiger partial charge in [-0.2, -0.15) is 13.2 Å². The third-order valence-electron chi connectivity index (χ3n) is 3.46. The zero-order chi connectivity index (χ0) is 14.3. The summed E-state index contributed by atoms with van der Waals surface area (Å²) < 4.78 is 39.7. The van der Waals surface area contributed by atoms with Crippen molar-refractivity contribution in [2.45, 2.75) is 44.5 Å². The number of halogens is 3. The van der Waals surface area contributed by atoms with E-state index in [0.29, 0.717) is 11.6 Å². The number of fused-ring (bicyclic) bond motifs is 1. The second kappa shape index (κ2) is 4.75. The van der Waals surface area contributed by atoms with Crippen molar-refractivity contribution in [1.82, 2.24) is 14.8 Å². The number of hydrogen-bond donors (Lipinski definition) is 2. The van der Waals surface area contributed by atoms with Crippen LogP contribution in [0.15, 0.2) is 0 Å². The molecule has 0 amide bonds. The zero-order valence-electron chi connectivity index (χ0n) is 10.6. The van der Waals surface area contributed by atoms with Gasteiger partial charge in [0.2, 0.25) is 0 Å². The summed E-state index contributed by atoms with van der Waals surface area (Å²) in [6, 6.07) is 0. The Hall–Kier alpha value is -1.15. The van der Waals surface area contributed by atoms with Crippen LogP contribution >= 0.6 is 0 Å². The third-order valence-corrected chi connectivity index (χ3v) is 3.46. The number of aromatic nitrogens is 3. The molecular formula is C11H17F3N4O. The molecule has 0 aliphatic carbocycles. The number of nitrogens with zero attached hydrogens (tertiary/aromatic N) is 3. The van der Waals surface area contributed by atoms with Crippen molar-refractivity contribution in [3.05, 3.63) is 11.6 Å². The van der Waals surface area contributed by atoms with E-state index in [1.165, 1.54) is 11.5 Å². The van der Waals surface area contributed by atoms with Crippen LogP contribution in [-0.4, -0.2) is 38.2 Å². The number of aryl methyl sites for hydroxylation is 1. The maximum atomic E-state index is 12.8. The lowest BCUT2D eigenvalue weighted by molar-refractivity contribution is -0.182. The first kappa shape index (κ1) is 14.3. The standard InChI is InChI=1S/C11H17F3N4O/c1-10(19,6-15)4-9-17-16-8-3-2-7(5-18(8)9)11(12,13)14/h7,19H,2-6,15H2,1H3. The summed E-state index contributed by atoms with van der Waals surface area (Å²) in [7, 11) is 0. The van der Waals surface area contributed by atoms with Gasteiger partial charge in [-0.3, -0.25) is 0 Å². The van der Waals surface area contributed by atoms with Gasteiger partial charge in [-0.1, -0.05) is 0 Å². The van der Waals surface area contributed by atoms with Gasteiger partial charge in [-0.25, -0.2) is 0 Å². The monoisotopic (exact) mass is 278 g/mol. The molecule has 108 valence electrons. The fourth-order valence-electron chi connectivity index (χ4n) is 2.19. The second-order valence-electron chi connectivity index (χ2n) is 5.30. The third kappa shape index (κ3) is 3.06. The molecule has 2 unspecified atom stereocenters. The summed E-state index contributed by atoms with van der Waals surface area (Å²) in [5, 5.41) is 17.7. The Bertz CT molecular complexity index is 455. The summed E-state index contributed by atoms with van der Waals surface area (Å²) in [5.41, 5.74) is 4.22. The predicted octanol–water partition coefficient (Wildman–Crippen LogP) is 0.655. The molecule has 0 aromatic carbocycles. The first-order valence-corrected chi connectivity index (χ1v) is 6.13. The van der Waals surface area contributed by atoms with Gasteiger partial charge >= 0.3 is 6.18 Å². The lowest BCUT2D eigenvalue weighted by Gasteiger charge is -2.27. The van der Waals surface area contributed by atoms with Crippen molar-refractivity contribution >= 4 is 0 Å². The molecule has 0 bridgehead atoms. The van der Waals surface area contributed by atoms with Crippen LogP contribution in [0.25, 0.3) is 0 Å². The molecule has 0 radical (unpaired) electrons. The molecule has 1 aromatic heterocycles. The molecule has 5 nitrogen and oxygen atoms in total. The Morgan fingerprint density at radius 2 is 2.11 bits per heavy atom. The van der Waals surface area contributed by atoms with Crippen molar-refractivity contribution in [3.63, 3.8) is 0 Å². The highest BCUT2D eigenvalue weighted by molar-refractivity contribution is 5.04. The molecule has 3 N–H and O–H groups in total. The minimum Gasteiger partial charge on any atom is -0.388 e. The van der Waals surface area contributed by atoms with Crippen molar-refractivity contribution < 1.29 is 18.3 Å². The Balaban J connectivity index is 2.21. The lowest BCUT2D eigenvalue weighted by Crippen LogP contribution is -2.38. The molecule has 0 fully saturated rings. The van der Waals surface area contributed by atoms with Crippen molar-refractivity contribution in [1.29, 1.82) is 0 Å². The molecule has 0 spiro atoms. The van der Waals surface area contributed by atoms with Crippen LogP contribution in [0, 0.1) is 5.92 Å². The van der Waals surface area contributed by atoms with Crippen LogP contribution in [0.3, 0.4) is 0 Å². The van der Waals surface area contributed by atoms with Gasteiger partial charge in [0.25, 0.3) is 0 Å². The molecule has 1 aromatic rings. The van der Waals surface area contributed by atoms with E-state index in [2.05, 4.69) is 10.2 Å². The number of rotatable bonds is 3. The highest BCUT2D eigenvalue weighted by Crippen LogP contribution is 2.34. The smallest absolute Gasteiger partial charge is 0.388 e. The Morgan fingerprint density at radius 1 is 1.42 bits per heavy atom.